The van der Waals surface area contributed by atoms with Crippen LogP contribution in [0.5, 0.6) is 17.2 Å². The molecule has 0 unspecified atom stereocenters. The smallest absolute Gasteiger partial charge is 0.161 e. The van der Waals surface area contributed by atoms with E-state index < -0.39 is 0 Å². The fraction of sp³-hybridized carbons (Fsp3) is 0.100. The Hall–Kier alpha value is -4.01. The third-order valence-electron chi connectivity index (χ3n) is 5.34. The van der Waals surface area contributed by atoms with E-state index in [4.69, 9.17) is 14.2 Å². The van der Waals surface area contributed by atoms with Crippen LogP contribution in [0, 0.1) is 11.3 Å². The van der Waals surface area contributed by atoms with Crippen molar-refractivity contribution in [3.8, 4) is 23.3 Å². The number of nitrogens with zero attached hydrogens (tertiary/aromatic N) is 1. The quantitative estimate of drug-likeness (QED) is 0.166. The predicted molar refractivity (Wildman–Crippen MR) is 142 cm³/mol. The molecule has 0 aliphatic rings. The van der Waals surface area contributed by atoms with Crippen LogP contribution in [0.2, 0.25) is 0 Å². The third-order valence-corrected chi connectivity index (χ3v) is 5.87. The highest BCUT2D eigenvalue weighted by Crippen LogP contribution is 2.29. The van der Waals surface area contributed by atoms with Crippen molar-refractivity contribution in [3.63, 3.8) is 0 Å². The van der Waals surface area contributed by atoms with E-state index in [9.17, 15) is 5.26 Å². The molecule has 0 radical (unpaired) electrons. The third kappa shape index (κ3) is 6.75. The van der Waals surface area contributed by atoms with Gasteiger partial charge in [0.1, 0.15) is 19.0 Å². The molecule has 0 aliphatic heterocycles. The maximum absolute atomic E-state index is 9.56. The van der Waals surface area contributed by atoms with Gasteiger partial charge in [-0.3, -0.25) is 0 Å². The Bertz CT molecular complexity index is 1330. The summed E-state index contributed by atoms with van der Waals surface area (Å²) in [4.78, 5) is 0. The Morgan fingerprint density at radius 2 is 1.51 bits per heavy atom. The second-order valence-corrected chi connectivity index (χ2v) is 8.71. The summed E-state index contributed by atoms with van der Waals surface area (Å²) in [5.74, 6) is 2.10. The highest BCUT2D eigenvalue weighted by Gasteiger charge is 2.07. The van der Waals surface area contributed by atoms with Crippen LogP contribution in [-0.4, -0.2) is 7.11 Å². The van der Waals surface area contributed by atoms with Gasteiger partial charge in [-0.2, -0.15) is 5.26 Å². The van der Waals surface area contributed by atoms with Crippen molar-refractivity contribution in [1.82, 2.24) is 0 Å². The van der Waals surface area contributed by atoms with Gasteiger partial charge in [-0.25, -0.2) is 0 Å². The molecule has 0 spiro atoms. The second-order valence-electron chi connectivity index (χ2n) is 7.79. The van der Waals surface area contributed by atoms with Crippen LogP contribution < -0.4 is 14.2 Å². The number of hydrogen-bond donors (Lipinski definition) is 0. The zero-order chi connectivity index (χ0) is 24.5. The maximum atomic E-state index is 9.56. The Morgan fingerprint density at radius 3 is 2.20 bits per heavy atom. The van der Waals surface area contributed by atoms with Gasteiger partial charge in [-0.05, 0) is 64.7 Å². The molecule has 0 bridgehead atoms. The zero-order valence-electron chi connectivity index (χ0n) is 19.3. The van der Waals surface area contributed by atoms with Gasteiger partial charge in [-0.1, -0.05) is 76.6 Å². The molecule has 4 aromatic rings. The molecule has 0 fully saturated rings. The van der Waals surface area contributed by atoms with Crippen molar-refractivity contribution < 1.29 is 14.2 Å². The first-order valence-electron chi connectivity index (χ1n) is 11.1. The van der Waals surface area contributed by atoms with E-state index in [1.807, 2.05) is 103 Å². The van der Waals surface area contributed by atoms with Gasteiger partial charge in [0, 0.05) is 4.47 Å². The Balaban J connectivity index is 1.37. The summed E-state index contributed by atoms with van der Waals surface area (Å²) in [6, 6.07) is 33.4. The molecule has 4 aromatic carbocycles. The summed E-state index contributed by atoms with van der Waals surface area (Å²) in [6.07, 6.45) is 1.87. The average Bonchev–Trinajstić information content (AvgIpc) is 2.91. The molecule has 0 saturated carbocycles. The SMILES string of the molecule is COc1cc(COc2ccc(/C=C(\C#N)c3ccc(Br)cc3)cc2)ccc1OCc1ccccc1. The molecule has 0 amide bonds. The molecule has 5 heteroatoms. The summed E-state index contributed by atoms with van der Waals surface area (Å²) in [6.45, 7) is 0.871. The first kappa shape index (κ1) is 24.1. The van der Waals surface area contributed by atoms with Crippen LogP contribution in [0.15, 0.2) is 102 Å². The van der Waals surface area contributed by atoms with E-state index in [0.29, 0.717) is 30.3 Å². The van der Waals surface area contributed by atoms with Crippen molar-refractivity contribution in [1.29, 1.82) is 5.26 Å². The highest BCUT2D eigenvalue weighted by atomic mass is 79.9. The number of halogens is 1. The Labute approximate surface area is 214 Å². The van der Waals surface area contributed by atoms with E-state index in [1.54, 1.807) is 7.11 Å². The number of allylic oxidation sites excluding steroid dienone is 1. The lowest BCUT2D eigenvalue weighted by Gasteiger charge is -2.13. The van der Waals surface area contributed by atoms with Gasteiger partial charge in [0.25, 0.3) is 0 Å². The van der Waals surface area contributed by atoms with Crippen LogP contribution in [0.3, 0.4) is 0 Å². The number of nitriles is 1. The minimum atomic E-state index is 0.396. The zero-order valence-corrected chi connectivity index (χ0v) is 20.9. The van der Waals surface area contributed by atoms with E-state index in [-0.39, 0.29) is 0 Å². The summed E-state index contributed by atoms with van der Waals surface area (Å²) < 4.78 is 18.4. The number of benzene rings is 4. The molecule has 0 atom stereocenters. The lowest BCUT2D eigenvalue weighted by Crippen LogP contribution is -2.00. The molecule has 0 heterocycles. The van der Waals surface area contributed by atoms with Crippen molar-refractivity contribution in [2.75, 3.05) is 7.11 Å². The minimum absolute atomic E-state index is 0.396. The van der Waals surface area contributed by atoms with Gasteiger partial charge in [-0.15, -0.1) is 0 Å². The highest BCUT2D eigenvalue weighted by molar-refractivity contribution is 9.10. The van der Waals surface area contributed by atoms with Gasteiger partial charge in [0.15, 0.2) is 11.5 Å². The first-order valence-corrected chi connectivity index (χ1v) is 11.9. The maximum Gasteiger partial charge on any atom is 0.161 e. The van der Waals surface area contributed by atoms with Gasteiger partial charge < -0.3 is 14.2 Å². The van der Waals surface area contributed by atoms with Crippen molar-refractivity contribution in [2.24, 2.45) is 0 Å². The topological polar surface area (TPSA) is 51.5 Å². The lowest BCUT2D eigenvalue weighted by atomic mass is 10.0. The van der Waals surface area contributed by atoms with Gasteiger partial charge in [0.05, 0.1) is 18.8 Å². The molecular weight excluding hydrogens is 502 g/mol. The van der Waals surface area contributed by atoms with Crippen molar-refractivity contribution in [2.45, 2.75) is 13.2 Å². The molecule has 0 N–H and O–H groups in total. The molecule has 35 heavy (non-hydrogen) atoms. The number of hydrogen-bond acceptors (Lipinski definition) is 4. The van der Waals surface area contributed by atoms with E-state index in [0.717, 1.165) is 32.5 Å². The predicted octanol–water partition coefficient (Wildman–Crippen LogP) is 7.68. The summed E-state index contributed by atoms with van der Waals surface area (Å²) in [5, 5.41) is 9.56. The monoisotopic (exact) mass is 525 g/mol. The Kier molecular flexibility index (Phi) is 8.21. The fourth-order valence-electron chi connectivity index (χ4n) is 3.46. The summed E-state index contributed by atoms with van der Waals surface area (Å²) in [5.41, 5.74) is 4.48. The van der Waals surface area contributed by atoms with Gasteiger partial charge >= 0.3 is 0 Å². The first-order chi connectivity index (χ1) is 17.1. The standard InChI is InChI=1S/C30H24BrNO3/c1-33-30-18-24(9-16-29(30)35-20-23-5-3-2-4-6-23)21-34-28-14-7-22(8-15-28)17-26(19-32)25-10-12-27(31)13-11-25/h2-18H,20-21H2,1H3/b26-17+. The van der Waals surface area contributed by atoms with Crippen LogP contribution in [0.25, 0.3) is 11.6 Å². The molecule has 4 nitrogen and oxygen atoms in total. The number of rotatable bonds is 9. The second kappa shape index (κ2) is 11.9. The molecule has 0 aromatic heterocycles. The van der Waals surface area contributed by atoms with E-state index >= 15 is 0 Å². The molecule has 0 saturated heterocycles. The normalized spacial score (nSPS) is 10.9. The van der Waals surface area contributed by atoms with Crippen molar-refractivity contribution in [3.05, 3.63) is 124 Å². The fourth-order valence-corrected chi connectivity index (χ4v) is 3.72. The average molecular weight is 526 g/mol. The molecule has 0 aliphatic carbocycles. The summed E-state index contributed by atoms with van der Waals surface area (Å²) >= 11 is 3.42. The van der Waals surface area contributed by atoms with Crippen molar-refractivity contribution >= 4 is 27.6 Å². The summed E-state index contributed by atoms with van der Waals surface area (Å²) in [7, 11) is 1.63. The van der Waals surface area contributed by atoms with Crippen LogP contribution in [0.1, 0.15) is 22.3 Å². The molecule has 4 rings (SSSR count). The van der Waals surface area contributed by atoms with Gasteiger partial charge in [0.2, 0.25) is 0 Å². The minimum Gasteiger partial charge on any atom is -0.493 e. The van der Waals surface area contributed by atoms with E-state index in [1.165, 1.54) is 0 Å². The molecular formula is C30H24BrNO3. The number of methoxy groups -OCH3 is 1. The largest absolute Gasteiger partial charge is 0.493 e. The van der Waals surface area contributed by atoms with E-state index in [2.05, 4.69) is 22.0 Å². The van der Waals surface area contributed by atoms with Crippen LogP contribution in [-0.2, 0) is 13.2 Å². The number of ether oxygens (including phenoxy) is 3. The molecule has 174 valence electrons. The Morgan fingerprint density at radius 1 is 0.800 bits per heavy atom. The van der Waals surface area contributed by atoms with Crippen LogP contribution in [0.4, 0.5) is 0 Å². The lowest BCUT2D eigenvalue weighted by molar-refractivity contribution is 0.281. The van der Waals surface area contributed by atoms with Crippen LogP contribution >= 0.6 is 15.9 Å².